The van der Waals surface area contributed by atoms with E-state index in [-0.39, 0.29) is 0 Å². The molecule has 1 fully saturated rings. The van der Waals surface area contributed by atoms with Gasteiger partial charge in [0.15, 0.2) is 0 Å². The smallest absolute Gasteiger partial charge is 0.119 e. The van der Waals surface area contributed by atoms with Gasteiger partial charge in [-0.1, -0.05) is 31.0 Å². The lowest BCUT2D eigenvalue weighted by atomic mass is 9.80. The molecule has 2 atom stereocenters. The summed E-state index contributed by atoms with van der Waals surface area (Å²) in [6.07, 6.45) is 5.46. The van der Waals surface area contributed by atoms with Gasteiger partial charge in [0.05, 0.1) is 12.8 Å². The largest absolute Gasteiger partial charge is 0.497 e. The molecule has 4 heteroatoms. The Morgan fingerprint density at radius 2 is 2.27 bits per heavy atom. The molecule has 0 bridgehead atoms. The summed E-state index contributed by atoms with van der Waals surface area (Å²) in [5.41, 5.74) is 3.74. The average molecular weight is 302 g/mol. The molecule has 0 amide bonds. The molecule has 0 radical (unpaired) electrons. The van der Waals surface area contributed by atoms with E-state index in [2.05, 4.69) is 29.1 Å². The van der Waals surface area contributed by atoms with Crippen LogP contribution in [-0.4, -0.2) is 36.0 Å². The number of benzene rings is 1. The van der Waals surface area contributed by atoms with Crippen LogP contribution in [0.5, 0.6) is 5.75 Å². The number of ether oxygens (including phenoxy) is 1. The van der Waals surface area contributed by atoms with Crippen molar-refractivity contribution in [2.24, 2.45) is 11.1 Å². The van der Waals surface area contributed by atoms with Gasteiger partial charge in [-0.2, -0.15) is 0 Å². The highest BCUT2D eigenvalue weighted by molar-refractivity contribution is 5.88. The van der Waals surface area contributed by atoms with Crippen molar-refractivity contribution in [3.8, 4) is 5.75 Å². The van der Waals surface area contributed by atoms with Crippen molar-refractivity contribution in [3.63, 3.8) is 0 Å². The molecule has 22 heavy (non-hydrogen) atoms. The predicted octanol–water partition coefficient (Wildman–Crippen LogP) is 3.63. The number of fused-ring (bicyclic) bond motifs is 3. The third-order valence-electron chi connectivity index (χ3n) is 5.18. The van der Waals surface area contributed by atoms with Gasteiger partial charge >= 0.3 is 0 Å². The number of hydrogen-bond acceptors (Lipinski definition) is 4. The molecule has 2 heterocycles. The Kier molecular flexibility index (Phi) is 4.67. The van der Waals surface area contributed by atoms with Crippen LogP contribution < -0.4 is 4.74 Å². The molecular formula is C18H26N2O2. The van der Waals surface area contributed by atoms with Crippen molar-refractivity contribution >= 4 is 5.71 Å². The molecule has 1 aromatic carbocycles. The molecule has 3 rings (SSSR count). The number of piperidine rings is 1. The summed E-state index contributed by atoms with van der Waals surface area (Å²) >= 11 is 0. The van der Waals surface area contributed by atoms with Crippen molar-refractivity contribution in [2.75, 3.05) is 20.2 Å². The van der Waals surface area contributed by atoms with Crippen LogP contribution in [0.1, 0.15) is 49.8 Å². The van der Waals surface area contributed by atoms with Gasteiger partial charge in [-0.15, -0.1) is 0 Å². The monoisotopic (exact) mass is 302 g/mol. The van der Waals surface area contributed by atoms with E-state index in [1.165, 1.54) is 24.0 Å². The van der Waals surface area contributed by atoms with E-state index >= 15 is 0 Å². The number of nitrogens with zero attached hydrogens (tertiary/aromatic N) is 2. The Morgan fingerprint density at radius 3 is 3.00 bits per heavy atom. The molecule has 1 N–H and O–H groups in total. The minimum atomic E-state index is 0.360. The minimum absolute atomic E-state index is 0.360. The third-order valence-corrected chi connectivity index (χ3v) is 5.18. The van der Waals surface area contributed by atoms with Gasteiger partial charge in [0.2, 0.25) is 0 Å². The maximum Gasteiger partial charge on any atom is 0.119 e. The summed E-state index contributed by atoms with van der Waals surface area (Å²) in [7, 11) is 1.71. The first-order chi connectivity index (χ1) is 10.8. The molecule has 2 aliphatic heterocycles. The predicted molar refractivity (Wildman–Crippen MR) is 87.9 cm³/mol. The summed E-state index contributed by atoms with van der Waals surface area (Å²) in [6.45, 7) is 4.33. The van der Waals surface area contributed by atoms with E-state index in [1.54, 1.807) is 7.11 Å². The zero-order valence-electron chi connectivity index (χ0n) is 13.6. The van der Waals surface area contributed by atoms with Crippen LogP contribution in [0.2, 0.25) is 0 Å². The van der Waals surface area contributed by atoms with Crippen molar-refractivity contribution < 1.29 is 9.94 Å². The highest BCUT2D eigenvalue weighted by atomic mass is 16.5. The second kappa shape index (κ2) is 6.69. The second-order valence-corrected chi connectivity index (χ2v) is 6.46. The quantitative estimate of drug-likeness (QED) is 0.682. The number of oxime groups is 1. The molecule has 0 spiro atoms. The summed E-state index contributed by atoms with van der Waals surface area (Å²) < 4.78 is 5.34. The number of methoxy groups -OCH3 is 1. The second-order valence-electron chi connectivity index (χ2n) is 6.46. The topological polar surface area (TPSA) is 45.1 Å². The summed E-state index contributed by atoms with van der Waals surface area (Å²) in [6, 6.07) is 6.75. The first kappa shape index (κ1) is 15.3. The lowest BCUT2D eigenvalue weighted by Gasteiger charge is -2.44. The summed E-state index contributed by atoms with van der Waals surface area (Å²) in [5, 5.41) is 13.1. The normalized spacial score (nSPS) is 26.5. The lowest BCUT2D eigenvalue weighted by Crippen LogP contribution is -2.46. The van der Waals surface area contributed by atoms with Crippen molar-refractivity contribution in [1.29, 1.82) is 0 Å². The summed E-state index contributed by atoms with van der Waals surface area (Å²) in [4.78, 5) is 2.57. The molecular weight excluding hydrogens is 276 g/mol. The van der Waals surface area contributed by atoms with Crippen LogP contribution in [0.15, 0.2) is 23.4 Å². The van der Waals surface area contributed by atoms with Crippen LogP contribution in [0.25, 0.3) is 0 Å². The van der Waals surface area contributed by atoms with Crippen LogP contribution >= 0.6 is 0 Å². The molecule has 120 valence electrons. The lowest BCUT2D eigenvalue weighted by molar-refractivity contribution is 0.147. The van der Waals surface area contributed by atoms with Gasteiger partial charge in [0, 0.05) is 31.5 Å². The first-order valence-electron chi connectivity index (χ1n) is 8.38. The SMILES string of the molecule is CCCCC1CN2CCc3cc(OC)ccc3C2CC1=NO. The fourth-order valence-corrected chi connectivity index (χ4v) is 3.91. The van der Waals surface area contributed by atoms with Crippen LogP contribution in [0.4, 0.5) is 0 Å². The molecule has 0 aromatic heterocycles. The van der Waals surface area contributed by atoms with Crippen molar-refractivity contribution in [2.45, 2.75) is 45.1 Å². The number of hydrogen-bond donors (Lipinski definition) is 1. The molecule has 1 saturated heterocycles. The molecule has 2 unspecified atom stereocenters. The molecule has 0 saturated carbocycles. The van der Waals surface area contributed by atoms with Crippen LogP contribution in [-0.2, 0) is 6.42 Å². The van der Waals surface area contributed by atoms with E-state index in [0.29, 0.717) is 12.0 Å². The zero-order chi connectivity index (χ0) is 15.5. The van der Waals surface area contributed by atoms with E-state index in [9.17, 15) is 5.21 Å². The molecule has 2 aliphatic rings. The van der Waals surface area contributed by atoms with E-state index < -0.39 is 0 Å². The number of unbranched alkanes of at least 4 members (excludes halogenated alkanes) is 1. The van der Waals surface area contributed by atoms with E-state index in [4.69, 9.17) is 4.74 Å². The maximum absolute atomic E-state index is 9.43. The van der Waals surface area contributed by atoms with E-state index in [1.807, 2.05) is 6.07 Å². The molecule has 4 nitrogen and oxygen atoms in total. The first-order valence-corrected chi connectivity index (χ1v) is 8.38. The van der Waals surface area contributed by atoms with Gasteiger partial charge in [0.25, 0.3) is 0 Å². The highest BCUT2D eigenvalue weighted by Gasteiger charge is 2.36. The minimum Gasteiger partial charge on any atom is -0.497 e. The van der Waals surface area contributed by atoms with Gasteiger partial charge in [-0.05, 0) is 36.1 Å². The third kappa shape index (κ3) is 2.84. The number of rotatable bonds is 4. The fourth-order valence-electron chi connectivity index (χ4n) is 3.91. The molecule has 0 aliphatic carbocycles. The summed E-state index contributed by atoms with van der Waals surface area (Å²) in [5.74, 6) is 1.35. The Balaban J connectivity index is 1.83. The van der Waals surface area contributed by atoms with Gasteiger partial charge in [-0.3, -0.25) is 4.90 Å². The van der Waals surface area contributed by atoms with Crippen molar-refractivity contribution in [1.82, 2.24) is 4.90 Å². The van der Waals surface area contributed by atoms with Gasteiger partial charge in [0.1, 0.15) is 5.75 Å². The standard InChI is InChI=1S/C18H26N2O2/c1-3-4-5-14-12-20-9-8-13-10-15(22-2)6-7-16(13)18(20)11-17(14)19-21/h6-7,10,14,18,21H,3-5,8-9,11-12H2,1-2H3. The zero-order valence-corrected chi connectivity index (χ0v) is 13.6. The Labute approximate surface area is 132 Å². The van der Waals surface area contributed by atoms with Crippen molar-refractivity contribution in [3.05, 3.63) is 29.3 Å². The highest BCUT2D eigenvalue weighted by Crippen LogP contribution is 2.39. The molecule has 1 aromatic rings. The Morgan fingerprint density at radius 1 is 1.41 bits per heavy atom. The average Bonchev–Trinajstić information content (AvgIpc) is 2.58. The Bertz CT molecular complexity index is 556. The van der Waals surface area contributed by atoms with Crippen LogP contribution in [0.3, 0.4) is 0 Å². The Hall–Kier alpha value is -1.55. The van der Waals surface area contributed by atoms with Crippen LogP contribution in [0, 0.1) is 5.92 Å². The van der Waals surface area contributed by atoms with E-state index in [0.717, 1.165) is 43.8 Å². The van der Waals surface area contributed by atoms with Gasteiger partial charge in [-0.25, -0.2) is 0 Å². The maximum atomic E-state index is 9.43. The fraction of sp³-hybridized carbons (Fsp3) is 0.611. The van der Waals surface area contributed by atoms with Gasteiger partial charge < -0.3 is 9.94 Å².